The number of carbonyl (C=O) groups is 1. The van der Waals surface area contributed by atoms with Crippen LogP contribution in [0, 0.1) is 0 Å². The molecule has 114 valence electrons. The maximum Gasteiger partial charge on any atom is 0.411 e. The number of ether oxygens (including phenoxy) is 2. The molecule has 0 amide bonds. The van der Waals surface area contributed by atoms with Crippen molar-refractivity contribution in [2.24, 2.45) is 0 Å². The lowest BCUT2D eigenvalue weighted by atomic mass is 9.96. The lowest BCUT2D eigenvalue weighted by molar-refractivity contribution is -0.174. The van der Waals surface area contributed by atoms with Gasteiger partial charge in [-0.2, -0.15) is 13.2 Å². The monoisotopic (exact) mass is 285 g/mol. The molecule has 1 atom stereocenters. The molecule has 1 unspecified atom stereocenters. The zero-order chi connectivity index (χ0) is 14.9. The molecule has 0 aliphatic heterocycles. The third-order valence-electron chi connectivity index (χ3n) is 2.63. The lowest BCUT2D eigenvalue weighted by Crippen LogP contribution is -2.50. The third kappa shape index (κ3) is 8.05. The Morgan fingerprint density at radius 2 is 1.95 bits per heavy atom. The van der Waals surface area contributed by atoms with E-state index in [9.17, 15) is 18.0 Å². The zero-order valence-corrected chi connectivity index (χ0v) is 11.6. The summed E-state index contributed by atoms with van der Waals surface area (Å²) in [7, 11) is 1.29. The second-order valence-electron chi connectivity index (χ2n) is 4.52. The van der Waals surface area contributed by atoms with E-state index in [0.717, 1.165) is 6.42 Å². The van der Waals surface area contributed by atoms with Crippen LogP contribution in [0.25, 0.3) is 0 Å². The van der Waals surface area contributed by atoms with Crippen LogP contribution in [-0.4, -0.2) is 44.6 Å². The predicted molar refractivity (Wildman–Crippen MR) is 64.8 cm³/mol. The Bertz CT molecular complexity index is 271. The van der Waals surface area contributed by atoms with Gasteiger partial charge in [-0.1, -0.05) is 6.92 Å². The average Bonchev–Trinajstić information content (AvgIpc) is 2.33. The van der Waals surface area contributed by atoms with Crippen molar-refractivity contribution in [2.45, 2.75) is 44.8 Å². The molecule has 0 aromatic heterocycles. The molecule has 4 nitrogen and oxygen atoms in total. The number of hydrogen-bond acceptors (Lipinski definition) is 4. The summed E-state index contributed by atoms with van der Waals surface area (Å²) in [5, 5.41) is 3.05. The van der Waals surface area contributed by atoms with Crippen molar-refractivity contribution in [3.8, 4) is 0 Å². The normalized spacial score (nSPS) is 15.1. The van der Waals surface area contributed by atoms with Gasteiger partial charge >= 0.3 is 12.1 Å². The van der Waals surface area contributed by atoms with Gasteiger partial charge in [0.05, 0.1) is 7.11 Å². The minimum atomic E-state index is -4.31. The lowest BCUT2D eigenvalue weighted by Gasteiger charge is -2.28. The van der Waals surface area contributed by atoms with Crippen molar-refractivity contribution >= 4 is 5.97 Å². The van der Waals surface area contributed by atoms with Crippen molar-refractivity contribution in [2.75, 3.05) is 26.9 Å². The Morgan fingerprint density at radius 3 is 2.42 bits per heavy atom. The molecule has 0 saturated heterocycles. The molecular formula is C12H22F3NO3. The Hall–Kier alpha value is -0.820. The second kappa shape index (κ2) is 8.37. The van der Waals surface area contributed by atoms with Gasteiger partial charge in [0.25, 0.3) is 0 Å². The number of carbonyl (C=O) groups excluding carboxylic acids is 1. The molecule has 7 heteroatoms. The molecule has 0 heterocycles. The summed E-state index contributed by atoms with van der Waals surface area (Å²) in [4.78, 5) is 11.7. The first-order valence-corrected chi connectivity index (χ1v) is 6.23. The number of esters is 1. The molecule has 0 bridgehead atoms. The van der Waals surface area contributed by atoms with Crippen molar-refractivity contribution in [1.29, 1.82) is 0 Å². The van der Waals surface area contributed by atoms with Crippen molar-refractivity contribution < 1.29 is 27.4 Å². The average molecular weight is 285 g/mol. The molecule has 19 heavy (non-hydrogen) atoms. The summed E-state index contributed by atoms with van der Waals surface area (Å²) in [6, 6.07) is 0. The molecule has 1 N–H and O–H groups in total. The molecule has 0 rings (SSSR count). The first-order chi connectivity index (χ1) is 8.75. The van der Waals surface area contributed by atoms with Crippen LogP contribution in [0.5, 0.6) is 0 Å². The maximum atomic E-state index is 11.9. The zero-order valence-electron chi connectivity index (χ0n) is 11.6. The number of methoxy groups -OCH3 is 1. The number of rotatable bonds is 9. The fraction of sp³-hybridized carbons (Fsp3) is 0.917. The van der Waals surface area contributed by atoms with Gasteiger partial charge in [-0.05, 0) is 32.7 Å². The van der Waals surface area contributed by atoms with Crippen LogP contribution >= 0.6 is 0 Å². The maximum absolute atomic E-state index is 11.9. The largest absolute Gasteiger partial charge is 0.468 e. The van der Waals surface area contributed by atoms with Gasteiger partial charge in [-0.15, -0.1) is 0 Å². The van der Waals surface area contributed by atoms with Gasteiger partial charge in [0, 0.05) is 6.61 Å². The van der Waals surface area contributed by atoms with Crippen LogP contribution in [0.1, 0.15) is 33.1 Å². The van der Waals surface area contributed by atoms with Crippen molar-refractivity contribution in [1.82, 2.24) is 5.32 Å². The highest BCUT2D eigenvalue weighted by Gasteiger charge is 2.33. The SMILES string of the molecule is CCCNC(C)(CCCOCC(F)(F)F)C(=O)OC. The summed E-state index contributed by atoms with van der Waals surface area (Å²) in [5.41, 5.74) is -0.883. The van der Waals surface area contributed by atoms with Crippen LogP contribution in [0.15, 0.2) is 0 Å². The fourth-order valence-corrected chi connectivity index (χ4v) is 1.60. The molecular weight excluding hydrogens is 263 g/mol. The van der Waals surface area contributed by atoms with Gasteiger partial charge in [0.15, 0.2) is 0 Å². The first kappa shape index (κ1) is 18.2. The minimum absolute atomic E-state index is 0.0418. The third-order valence-corrected chi connectivity index (χ3v) is 2.63. The molecule has 0 radical (unpaired) electrons. The van der Waals surface area contributed by atoms with E-state index in [2.05, 4.69) is 10.1 Å². The quantitative estimate of drug-likeness (QED) is 0.521. The van der Waals surface area contributed by atoms with E-state index in [0.29, 0.717) is 19.4 Å². The van der Waals surface area contributed by atoms with Crippen LogP contribution in [-0.2, 0) is 14.3 Å². The van der Waals surface area contributed by atoms with E-state index in [1.165, 1.54) is 7.11 Å². The Balaban J connectivity index is 4.10. The molecule has 0 fully saturated rings. The van der Waals surface area contributed by atoms with Crippen LogP contribution in [0.2, 0.25) is 0 Å². The van der Waals surface area contributed by atoms with E-state index in [1.807, 2.05) is 6.92 Å². The standard InChI is InChI=1S/C12H22F3NO3/c1-4-7-16-11(2,10(17)18-3)6-5-8-19-9-12(13,14)15/h16H,4-9H2,1-3H3. The number of nitrogens with one attached hydrogen (secondary N) is 1. The molecule has 0 spiro atoms. The van der Waals surface area contributed by atoms with Crippen LogP contribution in [0.3, 0.4) is 0 Å². The summed E-state index contributed by atoms with van der Waals surface area (Å²) in [6.07, 6.45) is -2.76. The molecule has 0 aromatic rings. The van der Waals surface area contributed by atoms with E-state index in [4.69, 9.17) is 4.74 Å². The van der Waals surface area contributed by atoms with E-state index in [1.54, 1.807) is 6.92 Å². The second-order valence-corrected chi connectivity index (χ2v) is 4.52. The number of halogens is 3. The van der Waals surface area contributed by atoms with Crippen LogP contribution in [0.4, 0.5) is 13.2 Å². The van der Waals surface area contributed by atoms with Crippen LogP contribution < -0.4 is 5.32 Å². The van der Waals surface area contributed by atoms with Gasteiger partial charge in [-0.3, -0.25) is 4.79 Å². The molecule has 0 aliphatic rings. The smallest absolute Gasteiger partial charge is 0.411 e. The summed E-state index contributed by atoms with van der Waals surface area (Å²) < 4.78 is 44.8. The van der Waals surface area contributed by atoms with Gasteiger partial charge in [0.2, 0.25) is 0 Å². The van der Waals surface area contributed by atoms with Gasteiger partial charge in [0.1, 0.15) is 12.1 Å². The Kier molecular flexibility index (Phi) is 8.01. The number of hydrogen-bond donors (Lipinski definition) is 1. The highest BCUT2D eigenvalue weighted by Crippen LogP contribution is 2.17. The Labute approximate surface area is 111 Å². The predicted octanol–water partition coefficient (Wildman–Crippen LogP) is 2.28. The van der Waals surface area contributed by atoms with Crippen molar-refractivity contribution in [3.63, 3.8) is 0 Å². The highest BCUT2D eigenvalue weighted by molar-refractivity contribution is 5.80. The minimum Gasteiger partial charge on any atom is -0.468 e. The topological polar surface area (TPSA) is 47.6 Å². The molecule has 0 saturated carbocycles. The Morgan fingerprint density at radius 1 is 1.32 bits per heavy atom. The van der Waals surface area contributed by atoms with Gasteiger partial charge in [-0.25, -0.2) is 0 Å². The molecule has 0 aromatic carbocycles. The summed E-state index contributed by atoms with van der Waals surface area (Å²) in [6.45, 7) is 2.97. The van der Waals surface area contributed by atoms with Gasteiger partial charge < -0.3 is 14.8 Å². The van der Waals surface area contributed by atoms with Crippen molar-refractivity contribution in [3.05, 3.63) is 0 Å². The summed E-state index contributed by atoms with van der Waals surface area (Å²) >= 11 is 0. The summed E-state index contributed by atoms with van der Waals surface area (Å²) in [5.74, 6) is -0.420. The highest BCUT2D eigenvalue weighted by atomic mass is 19.4. The van der Waals surface area contributed by atoms with E-state index >= 15 is 0 Å². The van der Waals surface area contributed by atoms with E-state index in [-0.39, 0.29) is 6.61 Å². The fourth-order valence-electron chi connectivity index (χ4n) is 1.60. The number of alkyl halides is 3. The van der Waals surface area contributed by atoms with E-state index < -0.39 is 24.3 Å². The first-order valence-electron chi connectivity index (χ1n) is 6.23. The molecule has 0 aliphatic carbocycles.